The van der Waals surface area contributed by atoms with Gasteiger partial charge in [-0.25, -0.2) is 0 Å². The van der Waals surface area contributed by atoms with E-state index in [0.717, 1.165) is 17.5 Å². The van der Waals surface area contributed by atoms with Gasteiger partial charge in [0.25, 0.3) is 5.91 Å². The van der Waals surface area contributed by atoms with Gasteiger partial charge in [-0.3, -0.25) is 9.59 Å². The summed E-state index contributed by atoms with van der Waals surface area (Å²) >= 11 is 0. The summed E-state index contributed by atoms with van der Waals surface area (Å²) in [5.41, 5.74) is 3.62. The second-order valence-electron chi connectivity index (χ2n) is 6.81. The molecule has 144 valence electrons. The van der Waals surface area contributed by atoms with E-state index < -0.39 is 5.92 Å². The van der Waals surface area contributed by atoms with Crippen LogP contribution < -0.4 is 10.3 Å². The largest absolute Gasteiger partial charge is 0.325 e. The van der Waals surface area contributed by atoms with Crippen LogP contribution >= 0.6 is 0 Å². The standard InChI is InChI=1S/C24H21N3O2/c1-2-17-10-9-13-19(16-17)25-23(28)21-22(18-11-5-3-6-12-18)26-27(24(21)29)20-14-7-4-8-15-20/h3-16,21H,2H2,1H3,(H,25,28). The number of nitrogens with zero attached hydrogens (tertiary/aromatic N) is 2. The summed E-state index contributed by atoms with van der Waals surface area (Å²) in [5.74, 6) is -1.76. The molecule has 1 aliphatic rings. The molecule has 3 aromatic carbocycles. The highest BCUT2D eigenvalue weighted by Crippen LogP contribution is 2.27. The quantitative estimate of drug-likeness (QED) is 0.670. The molecular weight excluding hydrogens is 362 g/mol. The molecule has 1 heterocycles. The van der Waals surface area contributed by atoms with Crippen molar-refractivity contribution < 1.29 is 9.59 Å². The van der Waals surface area contributed by atoms with Crippen LogP contribution in [-0.4, -0.2) is 17.5 Å². The van der Waals surface area contributed by atoms with E-state index in [0.29, 0.717) is 17.1 Å². The Labute approximate surface area is 169 Å². The number of para-hydroxylation sites is 1. The molecular formula is C24H21N3O2. The summed E-state index contributed by atoms with van der Waals surface area (Å²) in [6.07, 6.45) is 0.866. The van der Waals surface area contributed by atoms with Gasteiger partial charge >= 0.3 is 0 Å². The number of hydrogen-bond donors (Lipinski definition) is 1. The maximum atomic E-state index is 13.2. The Morgan fingerprint density at radius 1 is 0.966 bits per heavy atom. The molecule has 5 nitrogen and oxygen atoms in total. The van der Waals surface area contributed by atoms with Gasteiger partial charge < -0.3 is 5.32 Å². The zero-order valence-corrected chi connectivity index (χ0v) is 16.1. The number of anilines is 2. The topological polar surface area (TPSA) is 61.8 Å². The lowest BCUT2D eigenvalue weighted by Gasteiger charge is -2.15. The van der Waals surface area contributed by atoms with Gasteiger partial charge in [-0.2, -0.15) is 10.1 Å². The van der Waals surface area contributed by atoms with Crippen molar-refractivity contribution in [2.45, 2.75) is 13.3 Å². The second-order valence-corrected chi connectivity index (χ2v) is 6.81. The molecule has 0 radical (unpaired) electrons. The third-order valence-electron chi connectivity index (χ3n) is 4.87. The number of aryl methyl sites for hydroxylation is 1. The van der Waals surface area contributed by atoms with Crippen molar-refractivity contribution in [3.63, 3.8) is 0 Å². The van der Waals surface area contributed by atoms with Gasteiger partial charge in [-0.1, -0.05) is 67.6 Å². The molecule has 29 heavy (non-hydrogen) atoms. The molecule has 2 amide bonds. The predicted molar refractivity (Wildman–Crippen MR) is 115 cm³/mol. The minimum atomic E-state index is -1.01. The first-order valence-electron chi connectivity index (χ1n) is 9.60. The summed E-state index contributed by atoms with van der Waals surface area (Å²) in [4.78, 5) is 26.3. The van der Waals surface area contributed by atoms with Gasteiger partial charge in [0.1, 0.15) is 0 Å². The summed E-state index contributed by atoms with van der Waals surface area (Å²) in [6.45, 7) is 2.05. The first-order chi connectivity index (χ1) is 14.2. The van der Waals surface area contributed by atoms with Crippen LogP contribution in [0.4, 0.5) is 11.4 Å². The number of rotatable bonds is 5. The summed E-state index contributed by atoms with van der Waals surface area (Å²) in [6, 6.07) is 26.1. The summed E-state index contributed by atoms with van der Waals surface area (Å²) in [5, 5.41) is 8.74. The third kappa shape index (κ3) is 3.80. The summed E-state index contributed by atoms with van der Waals surface area (Å²) < 4.78 is 0. The number of nitrogens with one attached hydrogen (secondary N) is 1. The van der Waals surface area contributed by atoms with Crippen molar-refractivity contribution in [1.29, 1.82) is 0 Å². The first kappa shape index (κ1) is 18.6. The lowest BCUT2D eigenvalue weighted by molar-refractivity contribution is -0.127. The number of amides is 2. The molecule has 0 saturated heterocycles. The minimum Gasteiger partial charge on any atom is -0.325 e. The molecule has 1 unspecified atom stereocenters. The van der Waals surface area contributed by atoms with Gasteiger partial charge in [-0.15, -0.1) is 0 Å². The van der Waals surface area contributed by atoms with E-state index in [1.807, 2.05) is 72.8 Å². The number of hydrogen-bond acceptors (Lipinski definition) is 3. The molecule has 5 heteroatoms. The molecule has 0 spiro atoms. The average molecular weight is 383 g/mol. The van der Waals surface area contributed by atoms with E-state index in [1.165, 1.54) is 5.01 Å². The second kappa shape index (κ2) is 8.10. The van der Waals surface area contributed by atoms with E-state index in [-0.39, 0.29) is 11.8 Å². The van der Waals surface area contributed by atoms with Gasteiger partial charge in [0.05, 0.1) is 11.4 Å². The van der Waals surface area contributed by atoms with Gasteiger partial charge in [0.15, 0.2) is 5.92 Å². The fourth-order valence-electron chi connectivity index (χ4n) is 3.36. The lowest BCUT2D eigenvalue weighted by atomic mass is 9.95. The SMILES string of the molecule is CCc1cccc(NC(=O)C2C(=O)N(c3ccccc3)N=C2c2ccccc2)c1. The van der Waals surface area contributed by atoms with Crippen LogP contribution in [0.3, 0.4) is 0 Å². The molecule has 1 N–H and O–H groups in total. The van der Waals surface area contributed by atoms with Crippen molar-refractivity contribution in [2.75, 3.05) is 10.3 Å². The van der Waals surface area contributed by atoms with Crippen LogP contribution in [0.1, 0.15) is 18.1 Å². The third-order valence-corrected chi connectivity index (χ3v) is 4.87. The van der Waals surface area contributed by atoms with Crippen molar-refractivity contribution in [1.82, 2.24) is 0 Å². The van der Waals surface area contributed by atoms with Crippen LogP contribution in [0.15, 0.2) is 90.0 Å². The van der Waals surface area contributed by atoms with Crippen LogP contribution in [0.2, 0.25) is 0 Å². The lowest BCUT2D eigenvalue weighted by Crippen LogP contribution is -2.37. The molecule has 0 bridgehead atoms. The summed E-state index contributed by atoms with van der Waals surface area (Å²) in [7, 11) is 0. The zero-order valence-electron chi connectivity index (χ0n) is 16.1. The van der Waals surface area contributed by atoms with E-state index in [4.69, 9.17) is 0 Å². The number of carbonyl (C=O) groups is 2. The smallest absolute Gasteiger partial charge is 0.266 e. The predicted octanol–water partition coefficient (Wildman–Crippen LogP) is 4.25. The van der Waals surface area contributed by atoms with Gasteiger partial charge in [0.2, 0.25) is 5.91 Å². The first-order valence-corrected chi connectivity index (χ1v) is 9.60. The Morgan fingerprint density at radius 2 is 1.66 bits per heavy atom. The molecule has 0 saturated carbocycles. The van der Waals surface area contributed by atoms with E-state index in [2.05, 4.69) is 17.3 Å². The Bertz CT molecular complexity index is 1060. The van der Waals surface area contributed by atoms with Crippen LogP contribution in [0, 0.1) is 5.92 Å². The van der Waals surface area contributed by atoms with Crippen LogP contribution in [0.25, 0.3) is 0 Å². The molecule has 1 aliphatic heterocycles. The Kier molecular flexibility index (Phi) is 5.20. The monoisotopic (exact) mass is 383 g/mol. The Balaban J connectivity index is 1.69. The van der Waals surface area contributed by atoms with E-state index in [9.17, 15) is 9.59 Å². The average Bonchev–Trinajstić information content (AvgIpc) is 3.12. The normalized spacial score (nSPS) is 15.9. The maximum absolute atomic E-state index is 13.2. The van der Waals surface area contributed by atoms with Crippen molar-refractivity contribution in [2.24, 2.45) is 11.0 Å². The highest BCUT2D eigenvalue weighted by Gasteiger charge is 2.42. The molecule has 0 fully saturated rings. The highest BCUT2D eigenvalue weighted by molar-refractivity contribution is 6.33. The van der Waals surface area contributed by atoms with Gasteiger partial charge in [0, 0.05) is 5.69 Å². The number of benzene rings is 3. The molecule has 3 aromatic rings. The fraction of sp³-hybridized carbons (Fsp3) is 0.125. The van der Waals surface area contributed by atoms with Crippen molar-refractivity contribution >= 4 is 28.9 Å². The molecule has 4 rings (SSSR count). The molecule has 1 atom stereocenters. The van der Waals surface area contributed by atoms with Crippen LogP contribution in [-0.2, 0) is 16.0 Å². The molecule has 0 aromatic heterocycles. The minimum absolute atomic E-state index is 0.362. The number of hydrazone groups is 1. The fourth-order valence-corrected chi connectivity index (χ4v) is 3.36. The van der Waals surface area contributed by atoms with Crippen molar-refractivity contribution in [3.05, 3.63) is 96.1 Å². The van der Waals surface area contributed by atoms with E-state index >= 15 is 0 Å². The Hall–Kier alpha value is -3.73. The maximum Gasteiger partial charge on any atom is 0.266 e. The van der Waals surface area contributed by atoms with Gasteiger partial charge in [-0.05, 0) is 41.8 Å². The Morgan fingerprint density at radius 3 is 2.34 bits per heavy atom. The zero-order chi connectivity index (χ0) is 20.2. The van der Waals surface area contributed by atoms with E-state index in [1.54, 1.807) is 12.1 Å². The van der Waals surface area contributed by atoms with Crippen LogP contribution in [0.5, 0.6) is 0 Å². The van der Waals surface area contributed by atoms with Crippen molar-refractivity contribution in [3.8, 4) is 0 Å². The number of carbonyl (C=O) groups excluding carboxylic acids is 2. The highest BCUT2D eigenvalue weighted by atomic mass is 16.2. The molecule has 0 aliphatic carbocycles.